The highest BCUT2D eigenvalue weighted by molar-refractivity contribution is 7.51. The van der Waals surface area contributed by atoms with Crippen molar-refractivity contribution in [1.29, 1.82) is 0 Å². The maximum atomic E-state index is 12.6. The van der Waals surface area contributed by atoms with Gasteiger partial charge in [-0.05, 0) is 32.1 Å². The van der Waals surface area contributed by atoms with Gasteiger partial charge in [-0.15, -0.1) is 0 Å². The summed E-state index contributed by atoms with van der Waals surface area (Å²) in [6, 6.07) is 0. The summed E-state index contributed by atoms with van der Waals surface area (Å²) in [4.78, 5) is 12.6. The second kappa shape index (κ2) is 25.5. The van der Waals surface area contributed by atoms with Gasteiger partial charge in [0.1, 0.15) is 6.10 Å². The maximum absolute atomic E-state index is 12.6. The van der Waals surface area contributed by atoms with Crippen molar-refractivity contribution in [2.24, 2.45) is 0 Å². The van der Waals surface area contributed by atoms with Gasteiger partial charge in [-0.1, -0.05) is 109 Å². The molecule has 3 atom stereocenters. The fourth-order valence-corrected chi connectivity index (χ4v) is 6.87. The first-order valence-electron chi connectivity index (χ1n) is 16.2. The van der Waals surface area contributed by atoms with E-state index in [1.807, 2.05) is 28.1 Å². The Hall–Kier alpha value is -0.230. The van der Waals surface area contributed by atoms with Gasteiger partial charge in [-0.2, -0.15) is 0 Å². The fraction of sp³-hybridized carbons (Fsp3) is 0.938. The predicted molar refractivity (Wildman–Crippen MR) is 165 cm³/mol. The lowest BCUT2D eigenvalue weighted by Gasteiger charge is -2.41. The molecule has 0 fully saturated rings. The first kappa shape index (κ1) is 38.8. The second-order valence-corrected chi connectivity index (χ2v) is 14.1. The Labute approximate surface area is 243 Å². The largest absolute Gasteiger partial charge is 0.774 e. The summed E-state index contributed by atoms with van der Waals surface area (Å²) < 4.78 is 29.3. The third-order valence-corrected chi connectivity index (χ3v) is 9.80. The molecule has 0 spiro atoms. The topological polar surface area (TPSA) is 67.8 Å². The van der Waals surface area contributed by atoms with Crippen molar-refractivity contribution < 1.29 is 27.9 Å². The number of quaternary nitrogens is 1. The van der Waals surface area contributed by atoms with Gasteiger partial charge in [0.2, 0.25) is 0 Å². The minimum absolute atomic E-state index is 0.00216. The van der Waals surface area contributed by atoms with Crippen molar-refractivity contribution in [2.45, 2.75) is 148 Å². The molecule has 0 rings (SSSR count). The molecule has 0 aromatic heterocycles. The van der Waals surface area contributed by atoms with E-state index in [0.717, 1.165) is 19.3 Å². The molecule has 0 aromatic carbocycles. The SMILES string of the molecule is CCCCCCCCCCCCCCC/C=C\CCCCCOC[C@H](COP(=O)([O-])C(CC)[N+](C)(C)C)OC. The molecule has 0 aromatic rings. The van der Waals surface area contributed by atoms with Crippen molar-refractivity contribution in [3.05, 3.63) is 12.2 Å². The molecular formula is C32H66NO5P. The number of hydrogen-bond donors (Lipinski definition) is 0. The minimum Gasteiger partial charge on any atom is -0.774 e. The van der Waals surface area contributed by atoms with Crippen LogP contribution in [0, 0.1) is 0 Å². The smallest absolute Gasteiger partial charge is 0.193 e. The van der Waals surface area contributed by atoms with E-state index in [1.54, 1.807) is 7.11 Å². The number of unbranched alkanes of at least 4 members (excludes halogenated alkanes) is 16. The van der Waals surface area contributed by atoms with Gasteiger partial charge >= 0.3 is 0 Å². The third kappa shape index (κ3) is 23.1. The molecule has 2 unspecified atom stereocenters. The lowest BCUT2D eigenvalue weighted by atomic mass is 10.0. The summed E-state index contributed by atoms with van der Waals surface area (Å²) in [5.41, 5.74) is 0. The van der Waals surface area contributed by atoms with Crippen LogP contribution < -0.4 is 4.89 Å². The van der Waals surface area contributed by atoms with Crippen molar-refractivity contribution in [2.75, 3.05) is 48.1 Å². The van der Waals surface area contributed by atoms with E-state index in [0.29, 0.717) is 24.1 Å². The van der Waals surface area contributed by atoms with Crippen molar-refractivity contribution in [1.82, 2.24) is 0 Å². The zero-order valence-electron chi connectivity index (χ0n) is 26.8. The number of methoxy groups -OCH3 is 1. The van der Waals surface area contributed by atoms with Gasteiger partial charge in [-0.3, -0.25) is 0 Å². The Morgan fingerprint density at radius 2 is 1.18 bits per heavy atom. The Balaban J connectivity index is 3.59. The molecule has 234 valence electrons. The van der Waals surface area contributed by atoms with Crippen LogP contribution in [0.1, 0.15) is 136 Å². The standard InChI is InChI=1S/C32H66NO5P/c1-7-9-10-11-12-13-14-15-16-17-18-19-20-21-22-23-24-25-26-27-28-37-29-31(36-6)30-38-39(34,35)32(8-2)33(3,4)5/h22-23,31-32H,7-21,24-30H2,1-6H3/b23-22-/t31-,32?/m1/s1. The highest BCUT2D eigenvalue weighted by atomic mass is 31.2. The Kier molecular flexibility index (Phi) is 25.3. The first-order chi connectivity index (χ1) is 18.7. The Bertz CT molecular complexity index is 608. The van der Waals surface area contributed by atoms with Crippen LogP contribution in [-0.4, -0.2) is 64.4 Å². The van der Waals surface area contributed by atoms with E-state index in [2.05, 4.69) is 19.1 Å². The third-order valence-electron chi connectivity index (χ3n) is 7.50. The predicted octanol–water partition coefficient (Wildman–Crippen LogP) is 8.63. The first-order valence-corrected chi connectivity index (χ1v) is 17.8. The Morgan fingerprint density at radius 3 is 1.62 bits per heavy atom. The van der Waals surface area contributed by atoms with E-state index in [1.165, 1.54) is 96.3 Å². The normalized spacial score (nSPS) is 15.6. The number of nitrogens with zero attached hydrogens (tertiary/aromatic N) is 1. The van der Waals surface area contributed by atoms with Gasteiger partial charge < -0.3 is 27.9 Å². The van der Waals surface area contributed by atoms with E-state index in [4.69, 9.17) is 14.0 Å². The molecule has 0 saturated heterocycles. The molecule has 0 aliphatic carbocycles. The highest BCUT2D eigenvalue weighted by Gasteiger charge is 2.34. The molecule has 0 aliphatic heterocycles. The number of rotatable bonds is 29. The van der Waals surface area contributed by atoms with Crippen LogP contribution in [0.15, 0.2) is 12.2 Å². The van der Waals surface area contributed by atoms with E-state index in [9.17, 15) is 9.46 Å². The van der Waals surface area contributed by atoms with Gasteiger partial charge in [-0.25, -0.2) is 0 Å². The van der Waals surface area contributed by atoms with Gasteiger partial charge in [0.25, 0.3) is 0 Å². The number of allylic oxidation sites excluding steroid dienone is 2. The minimum atomic E-state index is -3.99. The maximum Gasteiger partial charge on any atom is 0.193 e. The number of hydrogen-bond acceptors (Lipinski definition) is 5. The van der Waals surface area contributed by atoms with Gasteiger partial charge in [0, 0.05) is 20.1 Å². The van der Waals surface area contributed by atoms with E-state index >= 15 is 0 Å². The summed E-state index contributed by atoms with van der Waals surface area (Å²) in [6.07, 6.45) is 28.8. The molecular weight excluding hydrogens is 509 g/mol. The van der Waals surface area contributed by atoms with Crippen LogP contribution in [0.2, 0.25) is 0 Å². The molecule has 0 N–H and O–H groups in total. The molecule has 0 aliphatic rings. The molecule has 0 amide bonds. The number of ether oxygens (including phenoxy) is 2. The van der Waals surface area contributed by atoms with E-state index in [-0.39, 0.29) is 12.7 Å². The zero-order chi connectivity index (χ0) is 29.2. The summed E-state index contributed by atoms with van der Waals surface area (Å²) >= 11 is 0. The quantitative estimate of drug-likeness (QED) is 0.0386. The summed E-state index contributed by atoms with van der Waals surface area (Å²) in [7, 11) is 3.18. The van der Waals surface area contributed by atoms with Crippen LogP contribution in [0.4, 0.5) is 0 Å². The lowest BCUT2D eigenvalue weighted by Crippen LogP contribution is -2.47. The summed E-state index contributed by atoms with van der Waals surface area (Å²) in [5.74, 6) is -0.570. The monoisotopic (exact) mass is 575 g/mol. The lowest BCUT2D eigenvalue weighted by molar-refractivity contribution is -0.884. The summed E-state index contributed by atoms with van der Waals surface area (Å²) in [5, 5.41) is 0. The zero-order valence-corrected chi connectivity index (χ0v) is 27.7. The van der Waals surface area contributed by atoms with Crippen LogP contribution >= 0.6 is 7.60 Å². The fourth-order valence-electron chi connectivity index (χ4n) is 5.03. The molecule has 0 bridgehead atoms. The molecule has 0 heterocycles. The Morgan fingerprint density at radius 1 is 0.718 bits per heavy atom. The van der Waals surface area contributed by atoms with Crippen molar-refractivity contribution in [3.8, 4) is 0 Å². The summed E-state index contributed by atoms with van der Waals surface area (Å²) in [6.45, 7) is 5.16. The molecule has 0 saturated carbocycles. The molecule has 39 heavy (non-hydrogen) atoms. The van der Waals surface area contributed by atoms with E-state index < -0.39 is 13.4 Å². The van der Waals surface area contributed by atoms with Crippen LogP contribution in [-0.2, 0) is 18.6 Å². The van der Waals surface area contributed by atoms with Gasteiger partial charge in [0.15, 0.2) is 13.4 Å². The molecule has 0 radical (unpaired) electrons. The van der Waals surface area contributed by atoms with Crippen molar-refractivity contribution >= 4 is 7.60 Å². The van der Waals surface area contributed by atoms with Crippen LogP contribution in [0.25, 0.3) is 0 Å². The average molecular weight is 576 g/mol. The highest BCUT2D eigenvalue weighted by Crippen LogP contribution is 2.47. The van der Waals surface area contributed by atoms with Crippen LogP contribution in [0.5, 0.6) is 0 Å². The average Bonchev–Trinajstić information content (AvgIpc) is 2.88. The van der Waals surface area contributed by atoms with Crippen molar-refractivity contribution in [3.63, 3.8) is 0 Å². The van der Waals surface area contributed by atoms with Crippen LogP contribution in [0.3, 0.4) is 0 Å². The molecule has 6 nitrogen and oxygen atoms in total. The second-order valence-electron chi connectivity index (χ2n) is 12.1. The molecule has 7 heteroatoms. The van der Waals surface area contributed by atoms with Gasteiger partial charge in [0.05, 0.1) is 34.4 Å².